The minimum absolute atomic E-state index is 0.0678. The van der Waals surface area contributed by atoms with E-state index in [1.807, 2.05) is 25.1 Å². The number of carbonyl (C=O) groups is 1. The Bertz CT molecular complexity index is 1170. The van der Waals surface area contributed by atoms with Crippen LogP contribution in [0.2, 0.25) is 0 Å². The Morgan fingerprint density at radius 2 is 1.85 bits per heavy atom. The second kappa shape index (κ2) is 9.61. The van der Waals surface area contributed by atoms with Gasteiger partial charge >= 0.3 is 6.61 Å². The largest absolute Gasteiger partial charge is 0.435 e. The maximum atomic E-state index is 13.2. The first-order valence-electron chi connectivity index (χ1n) is 10.9. The number of carbonyl (C=O) groups excluding carboxylic acids is 1. The number of allylic oxidation sites excluding steroid dienone is 1. The van der Waals surface area contributed by atoms with Crippen LogP contribution in [-0.2, 0) is 16.4 Å². The van der Waals surface area contributed by atoms with Crippen molar-refractivity contribution in [2.75, 3.05) is 13.1 Å². The third-order valence-electron chi connectivity index (χ3n) is 6.15. The third kappa shape index (κ3) is 5.25. The highest BCUT2D eigenvalue weighted by Gasteiger charge is 2.32. The lowest BCUT2D eigenvalue weighted by molar-refractivity contribution is -0.0498. The smallest absolute Gasteiger partial charge is 0.387 e. The predicted octanol–water partition coefficient (Wildman–Crippen LogP) is 4.11. The fourth-order valence-corrected chi connectivity index (χ4v) is 5.98. The van der Waals surface area contributed by atoms with Crippen LogP contribution in [-0.4, -0.2) is 44.4 Å². The minimum Gasteiger partial charge on any atom is -0.435 e. The van der Waals surface area contributed by atoms with Gasteiger partial charge in [0.2, 0.25) is 10.0 Å². The molecule has 1 saturated heterocycles. The second-order valence-electron chi connectivity index (χ2n) is 8.32. The summed E-state index contributed by atoms with van der Waals surface area (Å²) < 4.78 is 57.2. The topological polar surface area (TPSA) is 75.7 Å². The molecule has 33 heavy (non-hydrogen) atoms. The van der Waals surface area contributed by atoms with Gasteiger partial charge in [0.1, 0.15) is 5.75 Å². The van der Waals surface area contributed by atoms with Crippen molar-refractivity contribution in [3.63, 3.8) is 0 Å². The summed E-state index contributed by atoms with van der Waals surface area (Å²) in [5.41, 5.74) is 3.00. The molecule has 0 spiro atoms. The van der Waals surface area contributed by atoms with E-state index in [-0.39, 0.29) is 17.7 Å². The maximum Gasteiger partial charge on any atom is 0.387 e. The number of sulfonamides is 1. The van der Waals surface area contributed by atoms with Crippen molar-refractivity contribution < 1.29 is 26.7 Å². The van der Waals surface area contributed by atoms with Crippen molar-refractivity contribution in [1.82, 2.24) is 9.62 Å². The van der Waals surface area contributed by atoms with Gasteiger partial charge in [-0.25, -0.2) is 8.42 Å². The molecule has 6 nitrogen and oxygen atoms in total. The third-order valence-corrected chi connectivity index (χ3v) is 8.18. The van der Waals surface area contributed by atoms with Crippen LogP contribution in [0.15, 0.2) is 47.4 Å². The Labute approximate surface area is 192 Å². The van der Waals surface area contributed by atoms with Crippen LogP contribution in [0.25, 0.3) is 6.08 Å². The summed E-state index contributed by atoms with van der Waals surface area (Å²) in [6.45, 7) is -0.367. The van der Waals surface area contributed by atoms with E-state index < -0.39 is 16.6 Å². The first-order valence-corrected chi connectivity index (χ1v) is 12.3. The lowest BCUT2D eigenvalue weighted by atomic mass is 9.97. The van der Waals surface area contributed by atoms with E-state index in [1.54, 1.807) is 18.2 Å². The normalized spacial score (nSPS) is 17.4. The monoisotopic (exact) mass is 476 g/mol. The number of benzene rings is 2. The molecule has 2 aromatic carbocycles. The number of amides is 1. The number of halogens is 2. The van der Waals surface area contributed by atoms with Gasteiger partial charge in [-0.2, -0.15) is 13.1 Å². The van der Waals surface area contributed by atoms with Crippen LogP contribution in [0, 0.1) is 6.92 Å². The average molecular weight is 477 g/mol. The lowest BCUT2D eigenvalue weighted by Gasteiger charge is -2.33. The summed E-state index contributed by atoms with van der Waals surface area (Å²) in [6, 6.07) is 11.8. The van der Waals surface area contributed by atoms with Crippen LogP contribution in [0.4, 0.5) is 8.78 Å². The number of fused-ring (bicyclic) bond motifs is 1. The van der Waals surface area contributed by atoms with E-state index in [9.17, 15) is 22.0 Å². The molecule has 2 aromatic rings. The van der Waals surface area contributed by atoms with Crippen molar-refractivity contribution in [1.29, 1.82) is 0 Å². The summed E-state index contributed by atoms with van der Waals surface area (Å²) in [6.07, 6.45) is 3.43. The molecule has 4 rings (SSSR count). The SMILES string of the molecule is Cc1ccccc1C(=O)NC1CCN(S(=O)(=O)C2=Cc3ccc(OC(F)F)cc3CC2)CC1. The highest BCUT2D eigenvalue weighted by molar-refractivity contribution is 7.93. The van der Waals surface area contributed by atoms with Gasteiger partial charge in [-0.15, -0.1) is 0 Å². The number of piperidine rings is 1. The maximum absolute atomic E-state index is 13.2. The first-order chi connectivity index (χ1) is 15.7. The molecule has 0 bridgehead atoms. The van der Waals surface area contributed by atoms with Gasteiger partial charge in [0.25, 0.3) is 5.91 Å². The number of hydrogen-bond donors (Lipinski definition) is 1. The van der Waals surface area contributed by atoms with Crippen molar-refractivity contribution in [2.45, 2.75) is 45.3 Å². The Hall–Kier alpha value is -2.78. The van der Waals surface area contributed by atoms with Crippen LogP contribution in [0.3, 0.4) is 0 Å². The van der Waals surface area contributed by atoms with Crippen LogP contribution in [0.5, 0.6) is 5.75 Å². The number of nitrogens with one attached hydrogen (secondary N) is 1. The van der Waals surface area contributed by atoms with Gasteiger partial charge < -0.3 is 10.1 Å². The molecule has 1 aliphatic carbocycles. The van der Waals surface area contributed by atoms with Gasteiger partial charge in [0.15, 0.2) is 0 Å². The van der Waals surface area contributed by atoms with Crippen LogP contribution < -0.4 is 10.1 Å². The molecule has 0 radical (unpaired) electrons. The molecule has 1 fully saturated rings. The fourth-order valence-electron chi connectivity index (χ4n) is 4.32. The molecular weight excluding hydrogens is 450 g/mol. The predicted molar refractivity (Wildman–Crippen MR) is 122 cm³/mol. The second-order valence-corrected chi connectivity index (χ2v) is 10.3. The number of ether oxygens (including phenoxy) is 1. The molecule has 0 atom stereocenters. The van der Waals surface area contributed by atoms with Gasteiger partial charge in [-0.05, 0) is 73.6 Å². The van der Waals surface area contributed by atoms with Gasteiger partial charge in [-0.3, -0.25) is 4.79 Å². The average Bonchev–Trinajstić information content (AvgIpc) is 2.79. The zero-order valence-corrected chi connectivity index (χ0v) is 19.1. The molecule has 9 heteroatoms. The summed E-state index contributed by atoms with van der Waals surface area (Å²) in [5, 5.41) is 3.02. The molecule has 1 amide bonds. The van der Waals surface area contributed by atoms with Crippen molar-refractivity contribution >= 4 is 22.0 Å². The van der Waals surface area contributed by atoms with E-state index in [0.29, 0.717) is 54.8 Å². The highest BCUT2D eigenvalue weighted by Crippen LogP contribution is 2.32. The standard InChI is InChI=1S/C24H26F2N2O4S/c1-16-4-2-3-5-22(16)23(29)27-19-10-12-28(13-11-19)33(30,31)21-9-7-17-14-20(32-24(25)26)8-6-18(17)15-21/h2-6,8,14-15,19,24H,7,9-13H2,1H3,(H,27,29). The van der Waals surface area contributed by atoms with E-state index in [2.05, 4.69) is 10.1 Å². The zero-order valence-electron chi connectivity index (χ0n) is 18.3. The van der Waals surface area contributed by atoms with E-state index in [1.165, 1.54) is 16.4 Å². The zero-order chi connectivity index (χ0) is 23.6. The summed E-state index contributed by atoms with van der Waals surface area (Å²) in [4.78, 5) is 12.9. The molecule has 1 N–H and O–H groups in total. The first kappa shape index (κ1) is 23.4. The lowest BCUT2D eigenvalue weighted by Crippen LogP contribution is -2.46. The summed E-state index contributed by atoms with van der Waals surface area (Å²) in [5.74, 6) is -0.0746. The number of rotatable bonds is 6. The Morgan fingerprint density at radius 3 is 2.55 bits per heavy atom. The number of aryl methyl sites for hydroxylation is 2. The highest BCUT2D eigenvalue weighted by atomic mass is 32.2. The van der Waals surface area contributed by atoms with E-state index in [0.717, 1.165) is 11.1 Å². The summed E-state index contributed by atoms with van der Waals surface area (Å²) >= 11 is 0. The van der Waals surface area contributed by atoms with Crippen LogP contribution >= 0.6 is 0 Å². The van der Waals surface area contributed by atoms with Crippen LogP contribution in [0.1, 0.15) is 46.3 Å². The van der Waals surface area contributed by atoms with E-state index in [4.69, 9.17) is 0 Å². The molecule has 2 aliphatic rings. The fraction of sp³-hybridized carbons (Fsp3) is 0.375. The number of alkyl halides is 2. The minimum atomic E-state index is -3.64. The van der Waals surface area contributed by atoms with Crippen molar-refractivity contribution in [3.05, 3.63) is 69.6 Å². The Morgan fingerprint density at radius 1 is 1.12 bits per heavy atom. The molecule has 0 unspecified atom stereocenters. The molecule has 0 aromatic heterocycles. The van der Waals surface area contributed by atoms with Gasteiger partial charge in [0.05, 0.1) is 4.91 Å². The molecule has 0 saturated carbocycles. The van der Waals surface area contributed by atoms with Gasteiger partial charge in [0, 0.05) is 24.7 Å². The molecular formula is C24H26F2N2O4S. The molecule has 176 valence electrons. The molecule has 1 aliphatic heterocycles. The van der Waals surface area contributed by atoms with Crippen molar-refractivity contribution in [3.8, 4) is 5.75 Å². The van der Waals surface area contributed by atoms with Gasteiger partial charge in [-0.1, -0.05) is 24.3 Å². The Kier molecular flexibility index (Phi) is 6.81. The quantitative estimate of drug-likeness (QED) is 0.681. The molecule has 1 heterocycles. The number of nitrogens with zero attached hydrogens (tertiary/aromatic N) is 1. The van der Waals surface area contributed by atoms with E-state index >= 15 is 0 Å². The summed E-state index contributed by atoms with van der Waals surface area (Å²) in [7, 11) is -3.64. The van der Waals surface area contributed by atoms with Crippen molar-refractivity contribution in [2.24, 2.45) is 0 Å². The number of hydrogen-bond acceptors (Lipinski definition) is 4. The Balaban J connectivity index is 1.39.